The van der Waals surface area contributed by atoms with E-state index >= 15 is 0 Å². The second-order valence-corrected chi connectivity index (χ2v) is 4.69. The Balaban J connectivity index is 2.13. The van der Waals surface area contributed by atoms with Crippen LogP contribution in [-0.4, -0.2) is 36.6 Å². The lowest BCUT2D eigenvalue weighted by atomic mass is 10.1. The van der Waals surface area contributed by atoms with E-state index in [9.17, 15) is 4.79 Å². The van der Waals surface area contributed by atoms with Gasteiger partial charge < -0.3 is 15.4 Å². The Labute approximate surface area is 108 Å². The van der Waals surface area contributed by atoms with E-state index < -0.39 is 0 Å². The van der Waals surface area contributed by atoms with Crippen molar-refractivity contribution < 1.29 is 9.53 Å². The van der Waals surface area contributed by atoms with E-state index in [4.69, 9.17) is 10.5 Å². The molecule has 0 spiro atoms. The molecule has 1 atom stereocenters. The van der Waals surface area contributed by atoms with Gasteiger partial charge in [-0.25, -0.2) is 0 Å². The molecule has 4 nitrogen and oxygen atoms in total. The number of hydrogen-bond donors (Lipinski definition) is 1. The largest absolute Gasteiger partial charge is 0.369 e. The summed E-state index contributed by atoms with van der Waals surface area (Å²) in [4.78, 5) is 13.9. The van der Waals surface area contributed by atoms with E-state index in [2.05, 4.69) is 19.1 Å². The summed E-state index contributed by atoms with van der Waals surface area (Å²) in [6.07, 6.45) is 0.789. The molecule has 1 aromatic rings. The summed E-state index contributed by atoms with van der Waals surface area (Å²) in [7, 11) is 0. The van der Waals surface area contributed by atoms with E-state index in [0.717, 1.165) is 6.42 Å². The van der Waals surface area contributed by atoms with E-state index in [1.165, 1.54) is 11.1 Å². The highest BCUT2D eigenvalue weighted by Gasteiger charge is 2.28. The number of morpholine rings is 1. The first-order valence-electron chi connectivity index (χ1n) is 6.34. The Hall–Kier alpha value is -1.39. The molecule has 1 saturated heterocycles. The van der Waals surface area contributed by atoms with Gasteiger partial charge in [0.15, 0.2) is 0 Å². The minimum absolute atomic E-state index is 0.0583. The van der Waals surface area contributed by atoms with E-state index in [1.807, 2.05) is 17.0 Å². The predicted molar refractivity (Wildman–Crippen MR) is 70.0 cm³/mol. The smallest absolute Gasteiger partial charge is 0.249 e. The number of ether oxygens (including phenoxy) is 1. The summed E-state index contributed by atoms with van der Waals surface area (Å²) in [6.45, 7) is 4.07. The van der Waals surface area contributed by atoms with Crippen molar-refractivity contribution in [2.24, 2.45) is 5.73 Å². The fourth-order valence-electron chi connectivity index (χ4n) is 2.28. The molecule has 1 amide bonds. The van der Waals surface area contributed by atoms with Gasteiger partial charge in [0.05, 0.1) is 12.6 Å². The van der Waals surface area contributed by atoms with Gasteiger partial charge in [-0.2, -0.15) is 0 Å². The van der Waals surface area contributed by atoms with Crippen molar-refractivity contribution in [3.05, 3.63) is 35.4 Å². The second kappa shape index (κ2) is 5.98. The fraction of sp³-hybridized carbons (Fsp3) is 0.500. The molecule has 1 heterocycles. The van der Waals surface area contributed by atoms with Crippen molar-refractivity contribution in [1.82, 2.24) is 4.90 Å². The number of benzene rings is 1. The Morgan fingerprint density at radius 2 is 2.22 bits per heavy atom. The highest BCUT2D eigenvalue weighted by Crippen LogP contribution is 2.17. The molecule has 2 rings (SSSR count). The Kier molecular flexibility index (Phi) is 4.33. The highest BCUT2D eigenvalue weighted by molar-refractivity contribution is 5.78. The third kappa shape index (κ3) is 2.89. The molecule has 2 N–H and O–H groups in total. The maximum Gasteiger partial charge on any atom is 0.249 e. The fourth-order valence-corrected chi connectivity index (χ4v) is 2.28. The van der Waals surface area contributed by atoms with Crippen LogP contribution in [0.4, 0.5) is 0 Å². The third-order valence-electron chi connectivity index (χ3n) is 3.40. The number of amides is 1. The van der Waals surface area contributed by atoms with Crippen LogP contribution in [-0.2, 0) is 16.1 Å². The Morgan fingerprint density at radius 3 is 2.94 bits per heavy atom. The molecule has 1 aromatic carbocycles. The number of aryl methyl sites for hydroxylation is 1. The maximum absolute atomic E-state index is 12.0. The van der Waals surface area contributed by atoms with Crippen LogP contribution in [0.15, 0.2) is 24.3 Å². The molecule has 18 heavy (non-hydrogen) atoms. The van der Waals surface area contributed by atoms with Crippen LogP contribution in [0.1, 0.15) is 17.5 Å². The predicted octanol–water partition coefficient (Wildman–Crippen LogP) is 1.07. The van der Waals surface area contributed by atoms with E-state index in [0.29, 0.717) is 19.7 Å². The average Bonchev–Trinajstić information content (AvgIpc) is 2.36. The summed E-state index contributed by atoms with van der Waals surface area (Å²) in [6, 6.07) is 8.26. The third-order valence-corrected chi connectivity index (χ3v) is 3.40. The lowest BCUT2D eigenvalue weighted by molar-refractivity contribution is -0.149. The molecule has 0 aromatic heterocycles. The van der Waals surface area contributed by atoms with Crippen LogP contribution < -0.4 is 5.73 Å². The molecular formula is C14H20N2O2. The minimum atomic E-state index is 0.0583. The average molecular weight is 248 g/mol. The van der Waals surface area contributed by atoms with Gasteiger partial charge in [-0.05, 0) is 31.0 Å². The summed E-state index contributed by atoms with van der Waals surface area (Å²) < 4.78 is 5.30. The van der Waals surface area contributed by atoms with Gasteiger partial charge in [0.2, 0.25) is 5.91 Å². The Bertz CT molecular complexity index is 418. The lowest BCUT2D eigenvalue weighted by Crippen LogP contribution is -2.49. The number of nitrogens with two attached hydrogens (primary N) is 1. The zero-order valence-corrected chi connectivity index (χ0v) is 10.8. The van der Waals surface area contributed by atoms with Crippen LogP contribution in [0.2, 0.25) is 0 Å². The zero-order chi connectivity index (χ0) is 13.0. The van der Waals surface area contributed by atoms with Gasteiger partial charge in [0.25, 0.3) is 0 Å². The van der Waals surface area contributed by atoms with Gasteiger partial charge in [0, 0.05) is 6.54 Å². The second-order valence-electron chi connectivity index (χ2n) is 4.69. The quantitative estimate of drug-likeness (QED) is 0.867. The molecule has 4 heteroatoms. The topological polar surface area (TPSA) is 55.6 Å². The first-order valence-corrected chi connectivity index (χ1v) is 6.34. The molecule has 1 fully saturated rings. The van der Waals surface area contributed by atoms with Crippen LogP contribution in [0.25, 0.3) is 0 Å². The molecule has 0 aliphatic carbocycles. The van der Waals surface area contributed by atoms with Crippen molar-refractivity contribution in [3.8, 4) is 0 Å². The maximum atomic E-state index is 12.0. The molecule has 0 saturated carbocycles. The number of rotatable bonds is 4. The highest BCUT2D eigenvalue weighted by atomic mass is 16.5. The van der Waals surface area contributed by atoms with Gasteiger partial charge in [-0.15, -0.1) is 0 Å². The number of carbonyl (C=O) groups excluding carboxylic acids is 1. The van der Waals surface area contributed by atoms with Crippen molar-refractivity contribution in [2.75, 3.05) is 19.8 Å². The number of hydrogen-bond acceptors (Lipinski definition) is 3. The van der Waals surface area contributed by atoms with Crippen molar-refractivity contribution in [2.45, 2.75) is 25.9 Å². The van der Waals surface area contributed by atoms with E-state index in [1.54, 1.807) is 0 Å². The van der Waals surface area contributed by atoms with Gasteiger partial charge in [-0.1, -0.05) is 24.3 Å². The van der Waals surface area contributed by atoms with Gasteiger partial charge in [0.1, 0.15) is 6.61 Å². The van der Waals surface area contributed by atoms with E-state index in [-0.39, 0.29) is 18.6 Å². The number of carbonyl (C=O) groups is 1. The van der Waals surface area contributed by atoms with Crippen LogP contribution in [0, 0.1) is 6.92 Å². The normalized spacial score (nSPS) is 20.2. The first-order chi connectivity index (χ1) is 8.72. The summed E-state index contributed by atoms with van der Waals surface area (Å²) in [5, 5.41) is 0. The van der Waals surface area contributed by atoms with Crippen LogP contribution in [0.3, 0.4) is 0 Å². The van der Waals surface area contributed by atoms with Crippen LogP contribution in [0.5, 0.6) is 0 Å². The minimum Gasteiger partial charge on any atom is -0.369 e. The first kappa shape index (κ1) is 13.1. The van der Waals surface area contributed by atoms with Gasteiger partial charge >= 0.3 is 0 Å². The SMILES string of the molecule is Cc1ccccc1CN1C(=O)COCC1CCN. The lowest BCUT2D eigenvalue weighted by Gasteiger charge is -2.35. The molecule has 0 bridgehead atoms. The van der Waals surface area contributed by atoms with Crippen LogP contribution >= 0.6 is 0 Å². The molecule has 1 aliphatic heterocycles. The molecule has 1 unspecified atom stereocenters. The number of nitrogens with zero attached hydrogens (tertiary/aromatic N) is 1. The summed E-state index contributed by atoms with van der Waals surface area (Å²) in [5.41, 5.74) is 8.00. The molecular weight excluding hydrogens is 228 g/mol. The summed E-state index contributed by atoms with van der Waals surface area (Å²) in [5.74, 6) is 0.0583. The standard InChI is InChI=1S/C14H20N2O2/c1-11-4-2-3-5-12(11)8-16-13(6-7-15)9-18-10-14(16)17/h2-5,13H,6-10,15H2,1H3. The zero-order valence-electron chi connectivity index (χ0n) is 10.8. The van der Waals surface area contributed by atoms with Gasteiger partial charge in [-0.3, -0.25) is 4.79 Å². The van der Waals surface area contributed by atoms with Crippen molar-refractivity contribution >= 4 is 5.91 Å². The monoisotopic (exact) mass is 248 g/mol. The van der Waals surface area contributed by atoms with Crippen molar-refractivity contribution in [3.63, 3.8) is 0 Å². The Morgan fingerprint density at radius 1 is 1.44 bits per heavy atom. The molecule has 0 radical (unpaired) electrons. The molecule has 98 valence electrons. The van der Waals surface area contributed by atoms with Crippen molar-refractivity contribution in [1.29, 1.82) is 0 Å². The molecule has 1 aliphatic rings. The summed E-state index contributed by atoms with van der Waals surface area (Å²) >= 11 is 0.